The maximum absolute atomic E-state index is 13.1. The van der Waals surface area contributed by atoms with Gasteiger partial charge in [0.05, 0.1) is 10.8 Å². The van der Waals surface area contributed by atoms with Gasteiger partial charge < -0.3 is 11.1 Å². The van der Waals surface area contributed by atoms with Crippen LogP contribution in [0.3, 0.4) is 0 Å². The quantitative estimate of drug-likeness (QED) is 0.699. The van der Waals surface area contributed by atoms with Crippen molar-refractivity contribution < 1.29 is 18.2 Å². The van der Waals surface area contributed by atoms with Crippen molar-refractivity contribution in [1.82, 2.24) is 10.6 Å². The van der Waals surface area contributed by atoms with E-state index in [1.807, 2.05) is 5.32 Å². The molecule has 0 spiro atoms. The first-order valence-electron chi connectivity index (χ1n) is 5.34. The minimum atomic E-state index is -1.81. The number of benzene rings is 1. The molecule has 1 aromatic carbocycles. The summed E-state index contributed by atoms with van der Waals surface area (Å²) in [5.74, 6) is -1.36. The van der Waals surface area contributed by atoms with Gasteiger partial charge in [0.15, 0.2) is 0 Å². The van der Waals surface area contributed by atoms with Gasteiger partial charge in [0, 0.05) is 17.6 Å². The van der Waals surface area contributed by atoms with Gasteiger partial charge in [-0.15, -0.1) is 0 Å². The molecule has 19 heavy (non-hydrogen) atoms. The topological polar surface area (TPSA) is 101 Å². The number of urea groups is 1. The average Bonchev–Trinajstić information content (AvgIpc) is 2.35. The van der Waals surface area contributed by atoms with Crippen molar-refractivity contribution in [1.29, 1.82) is 0 Å². The molecular weight excluding hydrogens is 273 g/mol. The van der Waals surface area contributed by atoms with E-state index in [-0.39, 0.29) is 10.6 Å². The SMILES string of the molecule is CNC(=O)NC(=O)C(C)S(=O)c1cc(N)cc(F)c1. The predicted molar refractivity (Wildman–Crippen MR) is 69.3 cm³/mol. The maximum Gasteiger partial charge on any atom is 0.321 e. The minimum Gasteiger partial charge on any atom is -0.399 e. The third-order valence-electron chi connectivity index (χ3n) is 2.28. The number of halogens is 1. The number of nitrogens with two attached hydrogens (primary N) is 1. The van der Waals surface area contributed by atoms with E-state index in [4.69, 9.17) is 5.73 Å². The third kappa shape index (κ3) is 4.02. The smallest absolute Gasteiger partial charge is 0.321 e. The highest BCUT2D eigenvalue weighted by Gasteiger charge is 2.23. The average molecular weight is 287 g/mol. The van der Waals surface area contributed by atoms with E-state index in [2.05, 4.69) is 5.32 Å². The summed E-state index contributed by atoms with van der Waals surface area (Å²) in [6.07, 6.45) is 0. The standard InChI is InChI=1S/C11H14FN3O3S/c1-6(10(16)15-11(17)14-2)19(18)9-4-7(12)3-8(13)5-9/h3-6H,13H2,1-2H3,(H2,14,15,16,17). The first-order chi connectivity index (χ1) is 8.85. The lowest BCUT2D eigenvalue weighted by atomic mass is 10.3. The molecular formula is C11H14FN3O3S. The summed E-state index contributed by atoms with van der Waals surface area (Å²) in [7, 11) is -0.464. The Hall–Kier alpha value is -1.96. The molecule has 0 aliphatic heterocycles. The third-order valence-corrected chi connectivity index (χ3v) is 3.84. The van der Waals surface area contributed by atoms with Crippen LogP contribution in [0.2, 0.25) is 0 Å². The van der Waals surface area contributed by atoms with Crippen LogP contribution in [0.15, 0.2) is 23.1 Å². The van der Waals surface area contributed by atoms with Gasteiger partial charge in [0.2, 0.25) is 5.91 Å². The summed E-state index contributed by atoms with van der Waals surface area (Å²) < 4.78 is 25.2. The van der Waals surface area contributed by atoms with Crippen molar-refractivity contribution in [3.63, 3.8) is 0 Å². The van der Waals surface area contributed by atoms with Gasteiger partial charge in [-0.3, -0.25) is 14.3 Å². The summed E-state index contributed by atoms with van der Waals surface area (Å²) in [4.78, 5) is 22.7. The monoisotopic (exact) mass is 287 g/mol. The largest absolute Gasteiger partial charge is 0.399 e. The Bertz CT molecular complexity index is 516. The van der Waals surface area contributed by atoms with Crippen LogP contribution in [0.1, 0.15) is 6.92 Å². The fourth-order valence-electron chi connectivity index (χ4n) is 1.28. The number of carbonyl (C=O) groups excluding carboxylic acids is 2. The number of nitrogen functional groups attached to an aromatic ring is 1. The second-order valence-electron chi connectivity index (χ2n) is 3.73. The van der Waals surface area contributed by atoms with E-state index in [1.54, 1.807) is 0 Å². The molecule has 0 aliphatic carbocycles. The van der Waals surface area contributed by atoms with Crippen molar-refractivity contribution >= 4 is 28.4 Å². The van der Waals surface area contributed by atoms with Gasteiger partial charge >= 0.3 is 6.03 Å². The Balaban J connectivity index is 2.87. The Morgan fingerprint density at radius 2 is 2.00 bits per heavy atom. The van der Waals surface area contributed by atoms with Crippen LogP contribution in [-0.4, -0.2) is 28.4 Å². The van der Waals surface area contributed by atoms with Gasteiger partial charge in [-0.05, 0) is 25.1 Å². The molecule has 2 unspecified atom stereocenters. The Kier molecular flexibility index (Phi) is 4.99. The van der Waals surface area contributed by atoms with Crippen LogP contribution in [0.5, 0.6) is 0 Å². The number of rotatable bonds is 3. The second kappa shape index (κ2) is 6.28. The molecule has 4 N–H and O–H groups in total. The number of anilines is 1. The molecule has 0 aliphatic rings. The maximum atomic E-state index is 13.1. The zero-order valence-electron chi connectivity index (χ0n) is 10.4. The molecule has 6 nitrogen and oxygen atoms in total. The molecule has 2 atom stereocenters. The number of hydrogen-bond acceptors (Lipinski definition) is 4. The molecule has 0 saturated heterocycles. The molecule has 0 radical (unpaired) electrons. The first kappa shape index (κ1) is 15.1. The molecule has 104 valence electrons. The van der Waals surface area contributed by atoms with Crippen molar-refractivity contribution in [3.05, 3.63) is 24.0 Å². The summed E-state index contributed by atoms with van der Waals surface area (Å²) in [6, 6.07) is 2.74. The lowest BCUT2D eigenvalue weighted by Gasteiger charge is -2.11. The minimum absolute atomic E-state index is 0.0945. The fraction of sp³-hybridized carbons (Fsp3) is 0.273. The lowest BCUT2D eigenvalue weighted by molar-refractivity contribution is -0.119. The Morgan fingerprint density at radius 1 is 1.37 bits per heavy atom. The van der Waals surface area contributed by atoms with Crippen molar-refractivity contribution in [2.24, 2.45) is 0 Å². The Morgan fingerprint density at radius 3 is 2.53 bits per heavy atom. The molecule has 0 aromatic heterocycles. The van der Waals surface area contributed by atoms with Crippen molar-refractivity contribution in [2.45, 2.75) is 17.1 Å². The van der Waals surface area contributed by atoms with E-state index in [1.165, 1.54) is 20.0 Å². The van der Waals surface area contributed by atoms with E-state index < -0.39 is 33.8 Å². The van der Waals surface area contributed by atoms with Crippen LogP contribution in [0, 0.1) is 5.82 Å². The number of nitrogens with one attached hydrogen (secondary N) is 2. The second-order valence-corrected chi connectivity index (χ2v) is 5.50. The van der Waals surface area contributed by atoms with Gasteiger partial charge in [0.1, 0.15) is 11.1 Å². The van der Waals surface area contributed by atoms with Crippen LogP contribution >= 0.6 is 0 Å². The number of amides is 3. The highest BCUT2D eigenvalue weighted by molar-refractivity contribution is 7.86. The molecule has 8 heteroatoms. The lowest BCUT2D eigenvalue weighted by Crippen LogP contribution is -2.43. The van der Waals surface area contributed by atoms with Crippen molar-refractivity contribution in [3.8, 4) is 0 Å². The summed E-state index contributed by atoms with van der Waals surface area (Å²) in [5.41, 5.74) is 5.55. The molecule has 0 fully saturated rings. The molecule has 1 rings (SSSR count). The molecule has 0 bridgehead atoms. The highest BCUT2D eigenvalue weighted by Crippen LogP contribution is 2.17. The molecule has 0 heterocycles. The summed E-state index contributed by atoms with van der Waals surface area (Å²) >= 11 is 0. The summed E-state index contributed by atoms with van der Waals surface area (Å²) in [5, 5.41) is 3.18. The zero-order chi connectivity index (χ0) is 14.6. The van der Waals surface area contributed by atoms with E-state index in [0.717, 1.165) is 12.1 Å². The zero-order valence-corrected chi connectivity index (χ0v) is 11.2. The predicted octanol–water partition coefficient (Wildman–Crippen LogP) is 0.360. The van der Waals surface area contributed by atoms with Crippen LogP contribution in [-0.2, 0) is 15.6 Å². The van der Waals surface area contributed by atoms with Gasteiger partial charge in [-0.2, -0.15) is 0 Å². The van der Waals surface area contributed by atoms with Crippen molar-refractivity contribution in [2.75, 3.05) is 12.8 Å². The van der Waals surface area contributed by atoms with E-state index in [0.29, 0.717) is 0 Å². The van der Waals surface area contributed by atoms with Crippen LogP contribution in [0.25, 0.3) is 0 Å². The van der Waals surface area contributed by atoms with Gasteiger partial charge in [0.25, 0.3) is 0 Å². The molecule has 3 amide bonds. The molecule has 0 saturated carbocycles. The normalized spacial score (nSPS) is 13.4. The fourth-order valence-corrected chi connectivity index (χ4v) is 2.42. The van der Waals surface area contributed by atoms with E-state index in [9.17, 15) is 18.2 Å². The van der Waals surface area contributed by atoms with Gasteiger partial charge in [-0.25, -0.2) is 9.18 Å². The van der Waals surface area contributed by atoms with Crippen LogP contribution < -0.4 is 16.4 Å². The van der Waals surface area contributed by atoms with Gasteiger partial charge in [-0.1, -0.05) is 0 Å². The van der Waals surface area contributed by atoms with E-state index >= 15 is 0 Å². The number of carbonyl (C=O) groups is 2. The number of hydrogen-bond donors (Lipinski definition) is 3. The highest BCUT2D eigenvalue weighted by atomic mass is 32.2. The first-order valence-corrected chi connectivity index (χ1v) is 6.55. The summed E-state index contributed by atoms with van der Waals surface area (Å²) in [6.45, 7) is 1.37. The van der Waals surface area contributed by atoms with Crippen LogP contribution in [0.4, 0.5) is 14.9 Å². The Labute approximate surface area is 112 Å². The number of imide groups is 1. The molecule has 1 aromatic rings.